The maximum Gasteiger partial charge on any atom is 0.649 e. The molecule has 0 aliphatic carbocycles. The third-order valence-corrected chi connectivity index (χ3v) is 2.88. The normalized spacial score (nSPS) is 9.00. The molecule has 0 N–H and O–H groups in total. The summed E-state index contributed by atoms with van der Waals surface area (Å²) >= 11 is -0.789. The van der Waals surface area contributed by atoms with Gasteiger partial charge in [-0.05, 0) is 6.92 Å². The average molecular weight is 293 g/mol. The molecule has 0 spiro atoms. The number of ether oxygens (including phenoxy) is 2. The van der Waals surface area contributed by atoms with Crippen LogP contribution < -0.4 is 0 Å². The Morgan fingerprint density at radius 1 is 0.842 bits per heavy atom. The molecule has 1 rings (SSSR count). The first-order valence-electron chi connectivity index (χ1n) is 5.96. The van der Waals surface area contributed by atoms with Crippen LogP contribution >= 0.6 is 0 Å². The maximum atomic E-state index is 5.16. The van der Waals surface area contributed by atoms with E-state index in [0.717, 1.165) is 0 Å². The quantitative estimate of drug-likeness (QED) is 0.533. The number of methoxy groups -OCH3 is 2. The minimum absolute atomic E-state index is 0. The Bertz CT molecular complexity index is 254. The van der Waals surface area contributed by atoms with Crippen LogP contribution in [-0.4, -0.2) is 86.1 Å². The van der Waals surface area contributed by atoms with Crippen molar-refractivity contribution >= 4 is 45.4 Å². The molecule has 0 saturated carbocycles. The zero-order chi connectivity index (χ0) is 13.5. The van der Waals surface area contributed by atoms with Gasteiger partial charge in [0, 0.05) is 57.0 Å². The van der Waals surface area contributed by atoms with Gasteiger partial charge in [0.1, 0.15) is 0 Å². The smallest absolute Gasteiger partial charge is 0.479 e. The molecule has 0 atom stereocenters. The van der Waals surface area contributed by atoms with Gasteiger partial charge in [-0.1, -0.05) is 35.9 Å². The number of rotatable bonds is 8. The van der Waals surface area contributed by atoms with Crippen LogP contribution in [0.15, 0.2) is 30.3 Å². The summed E-state index contributed by atoms with van der Waals surface area (Å²) in [7, 11) is 3.30. The summed E-state index contributed by atoms with van der Waals surface area (Å²) in [5.74, 6) is 0. The van der Waals surface area contributed by atoms with Gasteiger partial charge in [-0.2, -0.15) is 0 Å². The van der Waals surface area contributed by atoms with Crippen molar-refractivity contribution in [1.82, 2.24) is 0 Å². The van der Waals surface area contributed by atoms with Gasteiger partial charge in [0.05, 0.1) is 13.2 Å². The first kappa shape index (κ1) is 21.9. The van der Waals surface area contributed by atoms with Gasteiger partial charge < -0.3 is 17.1 Å². The average Bonchev–Trinajstić information content (AvgIpc) is 2.39. The van der Waals surface area contributed by atoms with Gasteiger partial charge in [-0.3, -0.25) is 0 Å². The Labute approximate surface area is 145 Å². The number of hydrogen-bond donors (Lipinski definition) is 0. The van der Waals surface area contributed by atoms with Crippen LogP contribution in [0.5, 0.6) is 0 Å². The molecule has 0 saturated heterocycles. The van der Waals surface area contributed by atoms with Gasteiger partial charge in [-0.15, -0.1) is 0 Å². The Hall–Kier alpha value is 0.592. The van der Waals surface area contributed by atoms with Crippen LogP contribution in [0, 0.1) is 6.92 Å². The topological polar surface area (TPSA) is 36.9 Å². The molecule has 0 bridgehead atoms. The predicted octanol–water partition coefficient (Wildman–Crippen LogP) is 1.19. The molecule has 0 fully saturated rings. The van der Waals surface area contributed by atoms with Gasteiger partial charge in [0.2, 0.25) is 0 Å². The number of benzene rings is 1. The van der Waals surface area contributed by atoms with Gasteiger partial charge in [-0.25, -0.2) is 0 Å². The molecular formula is C13H23AlNaO4. The Morgan fingerprint density at radius 3 is 1.63 bits per heavy atom. The minimum Gasteiger partial charge on any atom is -0.479 e. The van der Waals surface area contributed by atoms with Crippen molar-refractivity contribution in [3.63, 3.8) is 0 Å². The van der Waals surface area contributed by atoms with Crippen molar-refractivity contribution in [2.24, 2.45) is 0 Å². The van der Waals surface area contributed by atoms with Crippen LogP contribution in [0.3, 0.4) is 0 Å². The van der Waals surface area contributed by atoms with Crippen molar-refractivity contribution in [2.75, 3.05) is 40.6 Å². The standard InChI is InChI=1S/C7H8.2C3H7O2.Al.Na.H/c1-7-5-3-2-4-6-7;2*1-5-3-2-4;;;/h2-6H,1H3;2*2-3H2,1H3;;;/q;2*-1;+2;;. The molecule has 0 unspecified atom stereocenters. The molecule has 0 amide bonds. The third kappa shape index (κ3) is 18.6. The van der Waals surface area contributed by atoms with E-state index in [4.69, 9.17) is 17.1 Å². The molecule has 1 aromatic rings. The predicted molar refractivity (Wildman–Crippen MR) is 79.7 cm³/mol. The van der Waals surface area contributed by atoms with E-state index in [1.165, 1.54) is 5.56 Å². The molecular weight excluding hydrogens is 270 g/mol. The van der Waals surface area contributed by atoms with E-state index in [2.05, 4.69) is 19.1 Å². The fourth-order valence-electron chi connectivity index (χ4n) is 0.996. The molecule has 1 radical (unpaired) electrons. The second-order valence-electron chi connectivity index (χ2n) is 3.57. The van der Waals surface area contributed by atoms with E-state index in [9.17, 15) is 0 Å². The van der Waals surface area contributed by atoms with E-state index >= 15 is 0 Å². The summed E-state index contributed by atoms with van der Waals surface area (Å²) in [6.45, 7) is 4.63. The molecule has 19 heavy (non-hydrogen) atoms. The molecule has 6 heteroatoms. The molecule has 1 aromatic carbocycles. The third-order valence-electron chi connectivity index (χ3n) is 1.97. The van der Waals surface area contributed by atoms with E-state index < -0.39 is 15.9 Å². The summed E-state index contributed by atoms with van der Waals surface area (Å²) in [6.07, 6.45) is 0. The second kappa shape index (κ2) is 18.6. The second-order valence-corrected chi connectivity index (χ2v) is 4.63. The van der Waals surface area contributed by atoms with Crippen molar-refractivity contribution in [3.8, 4) is 0 Å². The monoisotopic (exact) mass is 293 g/mol. The zero-order valence-electron chi connectivity index (χ0n) is 12.6. The van der Waals surface area contributed by atoms with Crippen LogP contribution in [0.4, 0.5) is 0 Å². The first-order chi connectivity index (χ1) is 8.81. The molecule has 0 aliphatic heterocycles. The molecule has 0 aliphatic rings. The zero-order valence-corrected chi connectivity index (χ0v) is 16.0. The van der Waals surface area contributed by atoms with E-state index in [1.54, 1.807) is 14.2 Å². The Kier molecular flexibility index (Phi) is 21.4. The maximum absolute atomic E-state index is 5.16. The Morgan fingerprint density at radius 2 is 1.32 bits per heavy atom. The molecule has 103 valence electrons. The van der Waals surface area contributed by atoms with E-state index in [0.29, 0.717) is 26.4 Å². The van der Waals surface area contributed by atoms with Crippen LogP contribution in [-0.2, 0) is 17.1 Å². The van der Waals surface area contributed by atoms with Crippen molar-refractivity contribution in [3.05, 3.63) is 35.9 Å². The fourth-order valence-corrected chi connectivity index (χ4v) is 1.58. The van der Waals surface area contributed by atoms with Gasteiger partial charge >= 0.3 is 15.9 Å². The number of hydrogen-bond acceptors (Lipinski definition) is 4. The minimum atomic E-state index is -0.789. The van der Waals surface area contributed by atoms with Crippen LogP contribution in [0.1, 0.15) is 5.56 Å². The van der Waals surface area contributed by atoms with E-state index in [1.807, 2.05) is 18.2 Å². The van der Waals surface area contributed by atoms with Gasteiger partial charge in [0.15, 0.2) is 0 Å². The van der Waals surface area contributed by atoms with Gasteiger partial charge in [0.25, 0.3) is 0 Å². The first-order valence-corrected chi connectivity index (χ1v) is 7.11. The summed E-state index contributed by atoms with van der Waals surface area (Å²) in [5, 5.41) is 0. The SMILES string of the molecule is COCC[O][AlH][O]CCOC.Cc1ccccc1.[Na]. The van der Waals surface area contributed by atoms with Crippen molar-refractivity contribution in [1.29, 1.82) is 0 Å². The largest absolute Gasteiger partial charge is 0.649 e. The summed E-state index contributed by atoms with van der Waals surface area (Å²) in [5.41, 5.74) is 1.32. The fraction of sp³-hybridized carbons (Fsp3) is 0.538. The molecule has 4 nitrogen and oxygen atoms in total. The number of aryl methyl sites for hydroxylation is 1. The Balaban J connectivity index is 0. The summed E-state index contributed by atoms with van der Waals surface area (Å²) in [4.78, 5) is 0. The van der Waals surface area contributed by atoms with E-state index in [-0.39, 0.29) is 29.6 Å². The molecule has 0 heterocycles. The molecule has 0 aromatic heterocycles. The van der Waals surface area contributed by atoms with Crippen molar-refractivity contribution in [2.45, 2.75) is 6.92 Å². The summed E-state index contributed by atoms with van der Waals surface area (Å²) in [6, 6.07) is 10.3. The van der Waals surface area contributed by atoms with Crippen LogP contribution in [0.25, 0.3) is 0 Å². The van der Waals surface area contributed by atoms with Crippen molar-refractivity contribution < 1.29 is 17.1 Å². The van der Waals surface area contributed by atoms with Crippen LogP contribution in [0.2, 0.25) is 0 Å². The summed E-state index contributed by atoms with van der Waals surface area (Å²) < 4.78 is 19.9.